The van der Waals surface area contributed by atoms with Crippen molar-refractivity contribution in [2.24, 2.45) is 0 Å². The third kappa shape index (κ3) is 4.37. The molecule has 0 fully saturated rings. The maximum atomic E-state index is 12.0. The van der Waals surface area contributed by atoms with Crippen molar-refractivity contribution in [2.75, 3.05) is 7.11 Å². The zero-order valence-corrected chi connectivity index (χ0v) is 15.1. The van der Waals surface area contributed by atoms with Gasteiger partial charge in [0, 0.05) is 31.0 Å². The summed E-state index contributed by atoms with van der Waals surface area (Å²) in [5, 5.41) is 7.67. The highest BCUT2D eigenvalue weighted by molar-refractivity contribution is 5.80. The van der Waals surface area contributed by atoms with Gasteiger partial charge in [0.15, 0.2) is 0 Å². The third-order valence-corrected chi connectivity index (χ3v) is 4.25. The summed E-state index contributed by atoms with van der Waals surface area (Å²) in [6.45, 7) is 2.82. The van der Waals surface area contributed by atoms with E-state index in [0.29, 0.717) is 13.1 Å². The van der Waals surface area contributed by atoms with Crippen LogP contribution in [0.2, 0.25) is 0 Å². The SMILES string of the molecule is CO[C@@H](C)C(=O)NCc1cn(Cc2ccccc2)nc1-c1ccccc1. The normalized spacial score (nSPS) is 11.9. The van der Waals surface area contributed by atoms with Gasteiger partial charge in [0.1, 0.15) is 6.10 Å². The van der Waals surface area contributed by atoms with Crippen molar-refractivity contribution in [1.82, 2.24) is 15.1 Å². The van der Waals surface area contributed by atoms with Gasteiger partial charge in [-0.25, -0.2) is 0 Å². The molecule has 134 valence electrons. The number of ether oxygens (including phenoxy) is 1. The zero-order chi connectivity index (χ0) is 18.4. The van der Waals surface area contributed by atoms with Crippen LogP contribution in [0, 0.1) is 0 Å². The van der Waals surface area contributed by atoms with Crippen LogP contribution < -0.4 is 5.32 Å². The second-order valence-electron chi connectivity index (χ2n) is 6.15. The smallest absolute Gasteiger partial charge is 0.249 e. The summed E-state index contributed by atoms with van der Waals surface area (Å²) in [7, 11) is 1.53. The Balaban J connectivity index is 1.84. The first-order valence-electron chi connectivity index (χ1n) is 8.63. The Morgan fingerprint density at radius 3 is 2.42 bits per heavy atom. The van der Waals surface area contributed by atoms with Crippen LogP contribution >= 0.6 is 0 Å². The molecule has 0 aliphatic heterocycles. The molecule has 1 amide bonds. The van der Waals surface area contributed by atoms with Crippen LogP contribution in [0.5, 0.6) is 0 Å². The molecule has 0 radical (unpaired) electrons. The predicted octanol–water partition coefficient (Wildman–Crippen LogP) is 3.25. The summed E-state index contributed by atoms with van der Waals surface area (Å²) in [4.78, 5) is 12.0. The van der Waals surface area contributed by atoms with Gasteiger partial charge in [0.05, 0.1) is 12.2 Å². The molecule has 26 heavy (non-hydrogen) atoms. The first-order valence-corrected chi connectivity index (χ1v) is 8.63. The molecule has 1 heterocycles. The zero-order valence-electron chi connectivity index (χ0n) is 15.1. The Morgan fingerprint density at radius 1 is 1.12 bits per heavy atom. The van der Waals surface area contributed by atoms with Crippen molar-refractivity contribution in [3.8, 4) is 11.3 Å². The molecule has 0 saturated carbocycles. The number of carbonyl (C=O) groups excluding carboxylic acids is 1. The Hall–Kier alpha value is -2.92. The number of rotatable bonds is 7. The second kappa shape index (κ2) is 8.45. The number of nitrogens with zero attached hydrogens (tertiary/aromatic N) is 2. The van der Waals surface area contributed by atoms with Gasteiger partial charge in [-0.3, -0.25) is 9.48 Å². The number of carbonyl (C=O) groups is 1. The van der Waals surface area contributed by atoms with Crippen molar-refractivity contribution in [2.45, 2.75) is 26.1 Å². The molecule has 0 spiro atoms. The topological polar surface area (TPSA) is 56.1 Å². The van der Waals surface area contributed by atoms with Gasteiger partial charge in [-0.15, -0.1) is 0 Å². The molecular formula is C21H23N3O2. The van der Waals surface area contributed by atoms with E-state index in [1.54, 1.807) is 6.92 Å². The number of amides is 1. The number of hydrogen-bond acceptors (Lipinski definition) is 3. The van der Waals surface area contributed by atoms with Gasteiger partial charge in [-0.2, -0.15) is 5.10 Å². The fourth-order valence-corrected chi connectivity index (χ4v) is 2.72. The van der Waals surface area contributed by atoms with Gasteiger partial charge in [0.25, 0.3) is 0 Å². The molecule has 1 N–H and O–H groups in total. The molecule has 5 heteroatoms. The van der Waals surface area contributed by atoms with E-state index < -0.39 is 6.10 Å². The Bertz CT molecular complexity index is 844. The number of hydrogen-bond donors (Lipinski definition) is 1. The summed E-state index contributed by atoms with van der Waals surface area (Å²) >= 11 is 0. The van der Waals surface area contributed by atoms with E-state index in [-0.39, 0.29) is 5.91 Å². The Kier molecular flexibility index (Phi) is 5.81. The van der Waals surface area contributed by atoms with Gasteiger partial charge >= 0.3 is 0 Å². The molecular weight excluding hydrogens is 326 g/mol. The van der Waals surface area contributed by atoms with Crippen molar-refractivity contribution in [3.63, 3.8) is 0 Å². The standard InChI is InChI=1S/C21H23N3O2/c1-16(26-2)21(25)22-13-19-15-24(14-17-9-5-3-6-10-17)23-20(19)18-11-7-4-8-12-18/h3-12,15-16H,13-14H2,1-2H3,(H,22,25)/t16-/m0/s1. The maximum Gasteiger partial charge on any atom is 0.249 e. The average molecular weight is 349 g/mol. The Morgan fingerprint density at radius 2 is 1.77 bits per heavy atom. The third-order valence-electron chi connectivity index (χ3n) is 4.25. The number of benzene rings is 2. The first-order chi connectivity index (χ1) is 12.7. The average Bonchev–Trinajstić information content (AvgIpc) is 3.09. The molecule has 0 saturated heterocycles. The quantitative estimate of drug-likeness (QED) is 0.712. The van der Waals surface area contributed by atoms with Crippen LogP contribution in [-0.2, 0) is 22.6 Å². The molecule has 0 aliphatic carbocycles. The molecule has 0 unspecified atom stereocenters. The summed E-state index contributed by atoms with van der Waals surface area (Å²) in [5.74, 6) is -0.137. The van der Waals surface area contributed by atoms with Crippen molar-refractivity contribution in [3.05, 3.63) is 78.0 Å². The lowest BCUT2D eigenvalue weighted by Crippen LogP contribution is -2.33. The van der Waals surface area contributed by atoms with Gasteiger partial charge in [-0.05, 0) is 12.5 Å². The van der Waals surface area contributed by atoms with Crippen molar-refractivity contribution < 1.29 is 9.53 Å². The molecule has 3 rings (SSSR count). The minimum Gasteiger partial charge on any atom is -0.372 e. The lowest BCUT2D eigenvalue weighted by molar-refractivity contribution is -0.130. The van der Waals surface area contributed by atoms with Crippen LogP contribution in [0.15, 0.2) is 66.9 Å². The van der Waals surface area contributed by atoms with E-state index in [4.69, 9.17) is 9.84 Å². The van der Waals surface area contributed by atoms with E-state index in [9.17, 15) is 4.79 Å². The van der Waals surface area contributed by atoms with Crippen LogP contribution in [0.1, 0.15) is 18.1 Å². The maximum absolute atomic E-state index is 12.0. The van der Waals surface area contributed by atoms with Gasteiger partial charge < -0.3 is 10.1 Å². The molecule has 5 nitrogen and oxygen atoms in total. The monoisotopic (exact) mass is 349 g/mol. The van der Waals surface area contributed by atoms with Crippen molar-refractivity contribution >= 4 is 5.91 Å². The molecule has 2 aromatic carbocycles. The predicted molar refractivity (Wildman–Crippen MR) is 102 cm³/mol. The van der Waals surface area contributed by atoms with E-state index in [2.05, 4.69) is 17.4 Å². The minimum atomic E-state index is -0.477. The van der Waals surface area contributed by atoms with Gasteiger partial charge in [-0.1, -0.05) is 60.7 Å². The molecule has 3 aromatic rings. The molecule has 1 atom stereocenters. The van der Waals surface area contributed by atoms with E-state index in [0.717, 1.165) is 16.8 Å². The van der Waals surface area contributed by atoms with Crippen LogP contribution in [0.3, 0.4) is 0 Å². The molecule has 1 aromatic heterocycles. The summed E-state index contributed by atoms with van der Waals surface area (Å²) in [6, 6.07) is 20.2. The second-order valence-corrected chi connectivity index (χ2v) is 6.15. The minimum absolute atomic E-state index is 0.137. The van der Waals surface area contributed by atoms with E-state index >= 15 is 0 Å². The van der Waals surface area contributed by atoms with Crippen molar-refractivity contribution in [1.29, 1.82) is 0 Å². The lowest BCUT2D eigenvalue weighted by atomic mass is 10.1. The van der Waals surface area contributed by atoms with Crippen LogP contribution in [0.25, 0.3) is 11.3 Å². The fraction of sp³-hybridized carbons (Fsp3) is 0.238. The highest BCUT2D eigenvalue weighted by atomic mass is 16.5. The summed E-state index contributed by atoms with van der Waals surface area (Å²) < 4.78 is 6.98. The molecule has 0 aliphatic rings. The number of methoxy groups -OCH3 is 1. The first kappa shape index (κ1) is 17.9. The number of nitrogens with one attached hydrogen (secondary N) is 1. The Labute approximate surface area is 153 Å². The van der Waals surface area contributed by atoms with E-state index in [1.165, 1.54) is 12.7 Å². The summed E-state index contributed by atoms with van der Waals surface area (Å²) in [5.41, 5.74) is 4.07. The van der Waals surface area contributed by atoms with Crippen LogP contribution in [-0.4, -0.2) is 28.9 Å². The van der Waals surface area contributed by atoms with Crippen LogP contribution in [0.4, 0.5) is 0 Å². The molecule has 0 bridgehead atoms. The number of aromatic nitrogens is 2. The summed E-state index contributed by atoms with van der Waals surface area (Å²) in [6.07, 6.45) is 1.52. The lowest BCUT2D eigenvalue weighted by Gasteiger charge is -2.10. The van der Waals surface area contributed by atoms with Gasteiger partial charge in [0.2, 0.25) is 5.91 Å². The largest absolute Gasteiger partial charge is 0.372 e. The highest BCUT2D eigenvalue weighted by Gasteiger charge is 2.15. The fourth-order valence-electron chi connectivity index (χ4n) is 2.72. The van der Waals surface area contributed by atoms with E-state index in [1.807, 2.05) is 59.4 Å². The highest BCUT2D eigenvalue weighted by Crippen LogP contribution is 2.22.